The number of nitro groups is 1. The van der Waals surface area contributed by atoms with Crippen LogP contribution >= 0.6 is 34.7 Å². The third kappa shape index (κ3) is 6.84. The Morgan fingerprint density at radius 2 is 1.79 bits per heavy atom. The minimum atomic E-state index is -0.800. The average molecular weight is 698 g/mol. The van der Waals surface area contributed by atoms with Gasteiger partial charge >= 0.3 is 5.97 Å². The highest BCUT2D eigenvalue weighted by atomic mass is 35.5. The number of aromatic nitrogens is 1. The number of rotatable bonds is 10. The zero-order chi connectivity index (χ0) is 33.8. The van der Waals surface area contributed by atoms with Gasteiger partial charge in [-0.1, -0.05) is 65.4 Å². The third-order valence-electron chi connectivity index (χ3n) is 7.61. The lowest BCUT2D eigenvalue weighted by molar-refractivity contribution is -0.384. The molecule has 0 N–H and O–H groups in total. The van der Waals surface area contributed by atoms with Gasteiger partial charge in [-0.3, -0.25) is 19.5 Å². The molecule has 1 aliphatic heterocycles. The van der Waals surface area contributed by atoms with Gasteiger partial charge in [0.2, 0.25) is 0 Å². The summed E-state index contributed by atoms with van der Waals surface area (Å²) in [6, 6.07) is 27.5. The standard InChI is InChI=1S/C36H28ClN3O6S2/c1-3-45-35(42)31-32(23-7-5-4-6-8-23)38-36-39(33(31)24-11-16-28(47-2)17-12-24)34(41)30(48-36)20-25-19-26(37)13-18-29(25)46-21-22-9-14-27(15-10-22)40(43)44/h4-20,33H,3,21H2,1-2H3/b30-20-/t33-/m0/s1. The molecule has 242 valence electrons. The van der Waals surface area contributed by atoms with Crippen molar-refractivity contribution in [2.45, 2.75) is 24.5 Å². The van der Waals surface area contributed by atoms with Gasteiger partial charge in [0.05, 0.1) is 33.4 Å². The first-order valence-corrected chi connectivity index (χ1v) is 17.3. The average Bonchev–Trinajstić information content (AvgIpc) is 3.41. The summed E-state index contributed by atoms with van der Waals surface area (Å²) in [5.41, 5.74) is 3.11. The summed E-state index contributed by atoms with van der Waals surface area (Å²) in [7, 11) is 0. The second-order valence-electron chi connectivity index (χ2n) is 10.6. The zero-order valence-corrected chi connectivity index (χ0v) is 28.2. The number of carbonyl (C=O) groups excluding carboxylic acids is 1. The number of halogens is 1. The van der Waals surface area contributed by atoms with Crippen LogP contribution < -0.4 is 19.6 Å². The predicted molar refractivity (Wildman–Crippen MR) is 188 cm³/mol. The summed E-state index contributed by atoms with van der Waals surface area (Å²) in [4.78, 5) is 45.0. The number of fused-ring (bicyclic) bond motifs is 1. The molecule has 0 saturated heterocycles. The topological polar surface area (TPSA) is 113 Å². The fourth-order valence-electron chi connectivity index (χ4n) is 5.32. The Morgan fingerprint density at radius 3 is 2.46 bits per heavy atom. The van der Waals surface area contributed by atoms with E-state index in [-0.39, 0.29) is 30.0 Å². The largest absolute Gasteiger partial charge is 0.488 e. The number of thioether (sulfide) groups is 1. The second kappa shape index (κ2) is 14.4. The second-order valence-corrected chi connectivity index (χ2v) is 12.9. The molecule has 1 aromatic heterocycles. The maximum atomic E-state index is 14.3. The van der Waals surface area contributed by atoms with Crippen molar-refractivity contribution in [2.24, 2.45) is 4.99 Å². The van der Waals surface area contributed by atoms with Crippen LogP contribution in [0.5, 0.6) is 5.75 Å². The summed E-state index contributed by atoms with van der Waals surface area (Å²) in [5.74, 6) is -0.0879. The molecule has 4 aromatic carbocycles. The molecule has 0 radical (unpaired) electrons. The highest BCUT2D eigenvalue weighted by Crippen LogP contribution is 2.36. The first-order valence-electron chi connectivity index (χ1n) is 14.9. The van der Waals surface area contributed by atoms with E-state index in [9.17, 15) is 19.7 Å². The third-order valence-corrected chi connectivity index (χ3v) is 9.57. The van der Waals surface area contributed by atoms with E-state index in [1.807, 2.05) is 60.9 Å². The van der Waals surface area contributed by atoms with Crippen LogP contribution in [-0.2, 0) is 16.1 Å². The lowest BCUT2D eigenvalue weighted by atomic mass is 9.93. The maximum absolute atomic E-state index is 14.3. The minimum absolute atomic E-state index is 0.0126. The number of carbonyl (C=O) groups is 1. The molecule has 0 spiro atoms. The molecule has 6 rings (SSSR count). The van der Waals surface area contributed by atoms with Crippen molar-refractivity contribution in [3.8, 4) is 5.75 Å². The van der Waals surface area contributed by atoms with Gasteiger partial charge in [0.25, 0.3) is 11.2 Å². The molecule has 9 nitrogen and oxygen atoms in total. The van der Waals surface area contributed by atoms with Crippen LogP contribution in [0.25, 0.3) is 11.8 Å². The molecule has 1 atom stereocenters. The Labute approximate surface area is 288 Å². The first kappa shape index (κ1) is 33.0. The van der Waals surface area contributed by atoms with Gasteiger partial charge in [0, 0.05) is 33.2 Å². The fourth-order valence-corrected chi connectivity index (χ4v) is 6.90. The molecule has 0 amide bonds. The van der Waals surface area contributed by atoms with E-state index in [1.165, 1.54) is 23.5 Å². The number of nitro benzene ring substituents is 1. The summed E-state index contributed by atoms with van der Waals surface area (Å²) in [6.45, 7) is 2.03. The number of esters is 1. The van der Waals surface area contributed by atoms with Gasteiger partial charge in [0.1, 0.15) is 12.4 Å². The van der Waals surface area contributed by atoms with Crippen molar-refractivity contribution in [1.82, 2.24) is 4.57 Å². The van der Waals surface area contributed by atoms with Crippen molar-refractivity contribution < 1.29 is 19.2 Å². The van der Waals surface area contributed by atoms with Crippen molar-refractivity contribution in [3.05, 3.63) is 160 Å². The zero-order valence-electron chi connectivity index (χ0n) is 25.8. The van der Waals surface area contributed by atoms with Crippen LogP contribution in [-0.4, -0.2) is 28.3 Å². The van der Waals surface area contributed by atoms with Crippen LogP contribution in [0.15, 0.2) is 117 Å². The number of hydrogen-bond donors (Lipinski definition) is 0. The van der Waals surface area contributed by atoms with Crippen LogP contribution in [0.3, 0.4) is 0 Å². The number of hydrogen-bond acceptors (Lipinski definition) is 9. The van der Waals surface area contributed by atoms with E-state index in [0.29, 0.717) is 31.4 Å². The van der Waals surface area contributed by atoms with E-state index in [1.54, 1.807) is 59.7 Å². The summed E-state index contributed by atoms with van der Waals surface area (Å²) < 4.78 is 13.6. The van der Waals surface area contributed by atoms with Gasteiger partial charge in [-0.05, 0) is 72.8 Å². The van der Waals surface area contributed by atoms with Gasteiger partial charge < -0.3 is 9.47 Å². The molecule has 2 heterocycles. The van der Waals surface area contributed by atoms with E-state index < -0.39 is 16.9 Å². The van der Waals surface area contributed by atoms with E-state index in [0.717, 1.165) is 21.6 Å². The van der Waals surface area contributed by atoms with Crippen molar-refractivity contribution >= 4 is 58.1 Å². The van der Waals surface area contributed by atoms with E-state index in [4.69, 9.17) is 26.1 Å². The number of non-ortho nitro benzene ring substituents is 1. The van der Waals surface area contributed by atoms with Gasteiger partial charge in [-0.2, -0.15) is 0 Å². The molecule has 5 aromatic rings. The van der Waals surface area contributed by atoms with E-state index >= 15 is 0 Å². The normalized spacial score (nSPS) is 14.3. The van der Waals surface area contributed by atoms with Gasteiger partial charge in [-0.15, -0.1) is 11.8 Å². The van der Waals surface area contributed by atoms with Gasteiger partial charge in [0.15, 0.2) is 4.80 Å². The quantitative estimate of drug-likeness (QED) is 0.0683. The van der Waals surface area contributed by atoms with Crippen LogP contribution in [0.1, 0.15) is 35.2 Å². The number of nitrogens with zero attached hydrogens (tertiary/aromatic N) is 3. The summed E-state index contributed by atoms with van der Waals surface area (Å²) in [6.07, 6.45) is 3.68. The SMILES string of the molecule is CCOC(=O)C1=C(c2ccccc2)N=c2s/c(=C\c3cc(Cl)ccc3OCc3ccc([N+](=O)[O-])cc3)c(=O)n2[C@H]1c1ccc(SC)cc1. The minimum Gasteiger partial charge on any atom is -0.488 e. The molecule has 48 heavy (non-hydrogen) atoms. The Hall–Kier alpha value is -4.97. The Balaban J connectivity index is 1.50. The fraction of sp³-hybridized carbons (Fsp3) is 0.139. The maximum Gasteiger partial charge on any atom is 0.338 e. The molecule has 12 heteroatoms. The van der Waals surface area contributed by atoms with Crippen molar-refractivity contribution in [1.29, 1.82) is 0 Å². The Kier molecular flexibility index (Phi) is 9.90. The summed E-state index contributed by atoms with van der Waals surface area (Å²) in [5, 5.41) is 11.5. The highest BCUT2D eigenvalue weighted by Gasteiger charge is 2.35. The lowest BCUT2D eigenvalue weighted by Gasteiger charge is -2.26. The molecular formula is C36H28ClN3O6S2. The van der Waals surface area contributed by atoms with Crippen molar-refractivity contribution in [3.63, 3.8) is 0 Å². The number of ether oxygens (including phenoxy) is 2. The molecule has 0 saturated carbocycles. The molecule has 0 bridgehead atoms. The van der Waals surface area contributed by atoms with Crippen LogP contribution in [0.4, 0.5) is 5.69 Å². The van der Waals surface area contributed by atoms with Crippen LogP contribution in [0, 0.1) is 10.1 Å². The van der Waals surface area contributed by atoms with E-state index in [2.05, 4.69) is 0 Å². The van der Waals surface area contributed by atoms with Gasteiger partial charge in [-0.25, -0.2) is 9.79 Å². The van der Waals surface area contributed by atoms with Crippen LogP contribution in [0.2, 0.25) is 5.02 Å². The first-order chi connectivity index (χ1) is 23.3. The summed E-state index contributed by atoms with van der Waals surface area (Å²) >= 11 is 9.18. The molecular weight excluding hydrogens is 670 g/mol. The molecule has 0 fully saturated rings. The molecule has 0 aliphatic carbocycles. The Morgan fingerprint density at radius 1 is 1.06 bits per heavy atom. The lowest BCUT2D eigenvalue weighted by Crippen LogP contribution is -2.40. The monoisotopic (exact) mass is 697 g/mol. The predicted octanol–water partition coefficient (Wildman–Crippen LogP) is 6.80. The highest BCUT2D eigenvalue weighted by molar-refractivity contribution is 7.98. The Bertz CT molecular complexity index is 2210. The number of thiazole rings is 1. The number of benzene rings is 4. The smallest absolute Gasteiger partial charge is 0.338 e. The molecule has 0 unspecified atom stereocenters. The molecule has 1 aliphatic rings. The van der Waals surface area contributed by atoms with Crippen molar-refractivity contribution in [2.75, 3.05) is 12.9 Å².